The molecule has 0 aliphatic carbocycles. The Morgan fingerprint density at radius 2 is 1.12 bits per heavy atom. The molecule has 0 bridgehead atoms. The number of hydrogen-bond donors (Lipinski definition) is 0. The molecule has 9 rings (SSSR count). The molecule has 0 spiro atoms. The van der Waals surface area contributed by atoms with Gasteiger partial charge in [-0.3, -0.25) is 0 Å². The Morgan fingerprint density at radius 3 is 1.98 bits per heavy atom. The molecule has 0 atom stereocenters. The van der Waals surface area contributed by atoms with Crippen molar-refractivity contribution in [2.45, 2.75) is 0 Å². The summed E-state index contributed by atoms with van der Waals surface area (Å²) < 4.78 is 9.23. The number of anilines is 3. The minimum atomic E-state index is 0.866. The molecule has 3 heteroatoms. The van der Waals surface area contributed by atoms with Crippen molar-refractivity contribution in [3.05, 3.63) is 158 Å². The number of para-hydroxylation sites is 4. The molecule has 0 amide bonds. The first-order chi connectivity index (χ1) is 21.3. The summed E-state index contributed by atoms with van der Waals surface area (Å²) in [7, 11) is 0. The van der Waals surface area contributed by atoms with Gasteiger partial charge in [-0.1, -0.05) is 97.1 Å². The third-order valence-electron chi connectivity index (χ3n) is 8.54. The van der Waals surface area contributed by atoms with Crippen LogP contribution in [0.25, 0.3) is 60.2 Å². The average molecular weight is 551 g/mol. The van der Waals surface area contributed by atoms with Crippen LogP contribution in [0.5, 0.6) is 0 Å². The summed E-state index contributed by atoms with van der Waals surface area (Å²) in [5, 5.41) is 7.16. The first-order valence-electron chi connectivity index (χ1n) is 14.6. The lowest BCUT2D eigenvalue weighted by Gasteiger charge is -2.26. The highest BCUT2D eigenvalue weighted by Crippen LogP contribution is 2.45. The largest absolute Gasteiger partial charge is 0.451 e. The summed E-state index contributed by atoms with van der Waals surface area (Å²) in [6.07, 6.45) is 0. The van der Waals surface area contributed by atoms with E-state index in [9.17, 15) is 0 Å². The van der Waals surface area contributed by atoms with Crippen LogP contribution in [0.4, 0.5) is 17.1 Å². The van der Waals surface area contributed by atoms with Gasteiger partial charge in [0.15, 0.2) is 11.2 Å². The second kappa shape index (κ2) is 9.37. The molecule has 9 aromatic rings. The maximum atomic E-state index is 6.91. The van der Waals surface area contributed by atoms with Crippen molar-refractivity contribution in [1.82, 2.24) is 4.57 Å². The molecule has 0 saturated carbocycles. The summed E-state index contributed by atoms with van der Waals surface area (Å²) in [6, 6.07) is 55.9. The van der Waals surface area contributed by atoms with E-state index in [0.717, 1.165) is 55.7 Å². The van der Waals surface area contributed by atoms with E-state index < -0.39 is 0 Å². The lowest BCUT2D eigenvalue weighted by atomic mass is 10.0. The Labute approximate surface area is 248 Å². The molecule has 7 aromatic carbocycles. The maximum absolute atomic E-state index is 6.91. The van der Waals surface area contributed by atoms with E-state index in [1.165, 1.54) is 21.5 Å². The van der Waals surface area contributed by atoms with Crippen LogP contribution in [-0.2, 0) is 0 Å². The number of aromatic nitrogens is 1. The normalized spacial score (nSPS) is 11.7. The number of hydrogen-bond acceptors (Lipinski definition) is 2. The lowest BCUT2D eigenvalue weighted by Crippen LogP contribution is -2.10. The molecule has 0 saturated heterocycles. The van der Waals surface area contributed by atoms with E-state index in [0.29, 0.717) is 0 Å². The topological polar surface area (TPSA) is 21.3 Å². The van der Waals surface area contributed by atoms with Gasteiger partial charge in [0.25, 0.3) is 0 Å². The Kier molecular flexibility index (Phi) is 5.20. The highest BCUT2D eigenvalue weighted by molar-refractivity contribution is 6.19. The second-order valence-corrected chi connectivity index (χ2v) is 11.0. The van der Waals surface area contributed by atoms with Gasteiger partial charge in [-0.25, -0.2) is 0 Å². The highest BCUT2D eigenvalue weighted by atomic mass is 16.3. The smallest absolute Gasteiger partial charge is 0.161 e. The van der Waals surface area contributed by atoms with Crippen LogP contribution >= 0.6 is 0 Å². The standard InChI is InChI=1S/C40H26N2O/c1-3-13-29(14-4-1)41(31-24-25-33-28(26-31)23-22-27-12-7-8-17-32(27)33)37-21-11-19-35-38-40(43-39(35)37)34-18-9-10-20-36(34)42(38)30-15-5-2-6-16-30/h1-26H. The van der Waals surface area contributed by atoms with Crippen molar-refractivity contribution in [3.63, 3.8) is 0 Å². The van der Waals surface area contributed by atoms with Gasteiger partial charge in [-0.15, -0.1) is 0 Å². The van der Waals surface area contributed by atoms with Gasteiger partial charge in [-0.05, 0) is 82.2 Å². The first-order valence-corrected chi connectivity index (χ1v) is 14.6. The van der Waals surface area contributed by atoms with Crippen LogP contribution in [0.2, 0.25) is 0 Å². The molecule has 0 unspecified atom stereocenters. The molecule has 43 heavy (non-hydrogen) atoms. The molecule has 0 aliphatic rings. The van der Waals surface area contributed by atoms with Gasteiger partial charge in [0.1, 0.15) is 5.52 Å². The van der Waals surface area contributed by atoms with Crippen molar-refractivity contribution in [3.8, 4) is 5.69 Å². The van der Waals surface area contributed by atoms with Crippen molar-refractivity contribution in [2.24, 2.45) is 0 Å². The van der Waals surface area contributed by atoms with E-state index in [2.05, 4.69) is 167 Å². The minimum Gasteiger partial charge on any atom is -0.451 e. The molecule has 0 N–H and O–H groups in total. The van der Waals surface area contributed by atoms with E-state index in [-0.39, 0.29) is 0 Å². The number of fused-ring (bicyclic) bond motifs is 8. The van der Waals surface area contributed by atoms with E-state index in [1.54, 1.807) is 0 Å². The van der Waals surface area contributed by atoms with Crippen LogP contribution in [0.3, 0.4) is 0 Å². The molecular formula is C40H26N2O. The molecule has 0 fully saturated rings. The lowest BCUT2D eigenvalue weighted by molar-refractivity contribution is 0.673. The van der Waals surface area contributed by atoms with Crippen molar-refractivity contribution in [1.29, 1.82) is 0 Å². The van der Waals surface area contributed by atoms with Crippen molar-refractivity contribution >= 4 is 71.6 Å². The van der Waals surface area contributed by atoms with Gasteiger partial charge in [0.2, 0.25) is 0 Å². The Hall–Kier alpha value is -5.80. The SMILES string of the molecule is c1ccc(N(c2ccc3c(ccc4ccccc43)c2)c2cccc3c2oc2c4ccccc4n(-c4ccccc4)c32)cc1. The van der Waals surface area contributed by atoms with Crippen LogP contribution in [0.1, 0.15) is 0 Å². The van der Waals surface area contributed by atoms with Crippen molar-refractivity contribution in [2.75, 3.05) is 4.90 Å². The van der Waals surface area contributed by atoms with Crippen LogP contribution in [0.15, 0.2) is 162 Å². The van der Waals surface area contributed by atoms with Gasteiger partial charge in [0, 0.05) is 27.8 Å². The fraction of sp³-hybridized carbons (Fsp3) is 0. The Bertz CT molecular complexity index is 2450. The first kappa shape index (κ1) is 23.9. The molecule has 0 radical (unpaired) electrons. The molecule has 2 heterocycles. The van der Waals surface area contributed by atoms with E-state index in [4.69, 9.17) is 4.42 Å². The van der Waals surface area contributed by atoms with Gasteiger partial charge in [-0.2, -0.15) is 0 Å². The van der Waals surface area contributed by atoms with Gasteiger partial charge in [0.05, 0.1) is 11.2 Å². The summed E-state index contributed by atoms with van der Waals surface area (Å²) in [6.45, 7) is 0. The summed E-state index contributed by atoms with van der Waals surface area (Å²) >= 11 is 0. The fourth-order valence-electron chi connectivity index (χ4n) is 6.64. The van der Waals surface area contributed by atoms with Gasteiger partial charge >= 0.3 is 0 Å². The Morgan fingerprint density at radius 1 is 0.442 bits per heavy atom. The summed E-state index contributed by atoms with van der Waals surface area (Å²) in [4.78, 5) is 2.31. The van der Waals surface area contributed by atoms with Crippen molar-refractivity contribution < 1.29 is 4.42 Å². The average Bonchev–Trinajstić information content (AvgIpc) is 3.61. The predicted molar refractivity (Wildman–Crippen MR) is 180 cm³/mol. The number of furan rings is 1. The minimum absolute atomic E-state index is 0.866. The molecule has 202 valence electrons. The second-order valence-electron chi connectivity index (χ2n) is 11.0. The van der Waals surface area contributed by atoms with Crippen LogP contribution < -0.4 is 4.90 Å². The number of benzene rings is 7. The maximum Gasteiger partial charge on any atom is 0.161 e. The Balaban J connectivity index is 1.33. The molecule has 3 nitrogen and oxygen atoms in total. The third kappa shape index (κ3) is 3.62. The quantitative estimate of drug-likeness (QED) is 0.203. The predicted octanol–water partition coefficient (Wildman–Crippen LogP) is 11.3. The van der Waals surface area contributed by atoms with E-state index in [1.807, 2.05) is 0 Å². The zero-order chi connectivity index (χ0) is 28.3. The molecule has 0 aliphatic heterocycles. The fourth-order valence-corrected chi connectivity index (χ4v) is 6.64. The zero-order valence-electron chi connectivity index (χ0n) is 23.3. The monoisotopic (exact) mass is 550 g/mol. The third-order valence-corrected chi connectivity index (χ3v) is 8.54. The molecule has 2 aromatic heterocycles. The summed E-state index contributed by atoms with van der Waals surface area (Å²) in [5.41, 5.74) is 8.27. The number of rotatable bonds is 4. The van der Waals surface area contributed by atoms with E-state index >= 15 is 0 Å². The zero-order valence-corrected chi connectivity index (χ0v) is 23.3. The summed E-state index contributed by atoms with van der Waals surface area (Å²) in [5.74, 6) is 0. The van der Waals surface area contributed by atoms with Crippen LogP contribution in [-0.4, -0.2) is 4.57 Å². The molecular weight excluding hydrogens is 524 g/mol. The number of nitrogens with zero attached hydrogens (tertiary/aromatic N) is 2. The van der Waals surface area contributed by atoms with Gasteiger partial charge < -0.3 is 13.9 Å². The highest BCUT2D eigenvalue weighted by Gasteiger charge is 2.24. The van der Waals surface area contributed by atoms with Crippen LogP contribution in [0, 0.1) is 0 Å².